The van der Waals surface area contributed by atoms with Crippen molar-refractivity contribution < 1.29 is 0 Å². The van der Waals surface area contributed by atoms with Gasteiger partial charge in [0, 0.05) is 4.90 Å². The summed E-state index contributed by atoms with van der Waals surface area (Å²) in [6.07, 6.45) is 2.83. The highest BCUT2D eigenvalue weighted by Crippen LogP contribution is 2.21. The van der Waals surface area contributed by atoms with E-state index in [1.165, 1.54) is 4.90 Å². The minimum absolute atomic E-state index is 0.420. The lowest BCUT2D eigenvalue weighted by Gasteiger charge is -2.09. The molecule has 5 heteroatoms. The van der Waals surface area contributed by atoms with Gasteiger partial charge in [-0.05, 0) is 36.8 Å². The first kappa shape index (κ1) is 13.6. The first-order chi connectivity index (χ1) is 9.15. The molecule has 0 fully saturated rings. The molecular formula is C14H16N4S. The second-order valence-corrected chi connectivity index (χ2v) is 5.59. The van der Waals surface area contributed by atoms with Crippen LogP contribution in [0.5, 0.6) is 0 Å². The van der Waals surface area contributed by atoms with Gasteiger partial charge in [-0.1, -0.05) is 25.1 Å². The zero-order chi connectivity index (χ0) is 13.8. The third-order valence-electron chi connectivity index (χ3n) is 2.77. The van der Waals surface area contributed by atoms with Gasteiger partial charge < -0.3 is 0 Å². The molecule has 0 amide bonds. The normalized spacial score (nSPS) is 10.7. The van der Waals surface area contributed by atoms with Crippen LogP contribution in [0.25, 0.3) is 5.69 Å². The smallest absolute Gasteiger partial charge is 0.186 e. The number of hydrogen-bond donors (Lipinski definition) is 0. The lowest BCUT2D eigenvalue weighted by molar-refractivity contribution is 0.613. The van der Waals surface area contributed by atoms with Crippen LogP contribution in [0, 0.1) is 17.2 Å². The number of aromatic nitrogens is 3. The fraction of sp³-hybridized carbons (Fsp3) is 0.357. The fourth-order valence-electron chi connectivity index (χ4n) is 1.91. The Morgan fingerprint density at radius 2 is 2.21 bits per heavy atom. The topological polar surface area (TPSA) is 54.5 Å². The number of rotatable bonds is 4. The number of nitrogens with zero attached hydrogens (tertiary/aromatic N) is 4. The summed E-state index contributed by atoms with van der Waals surface area (Å²) >= 11 is 1.68. The molecule has 19 heavy (non-hydrogen) atoms. The molecule has 1 aromatic heterocycles. The molecule has 4 nitrogen and oxygen atoms in total. The van der Waals surface area contributed by atoms with Gasteiger partial charge in [0.25, 0.3) is 0 Å². The molecule has 0 bridgehead atoms. The standard InChI is InChI=1S/C14H16N4S/c1-10(2)7-14-13(9-15)16-17-18(14)11-5-4-6-12(8-11)19-3/h4-6,8,10H,7H2,1-3H3. The first-order valence-electron chi connectivity index (χ1n) is 6.14. The molecule has 98 valence electrons. The second-order valence-electron chi connectivity index (χ2n) is 4.71. The first-order valence-corrected chi connectivity index (χ1v) is 7.37. The third-order valence-corrected chi connectivity index (χ3v) is 3.49. The van der Waals surface area contributed by atoms with E-state index in [-0.39, 0.29) is 0 Å². The van der Waals surface area contributed by atoms with Crippen molar-refractivity contribution >= 4 is 11.8 Å². The molecule has 0 atom stereocenters. The number of thioether (sulfide) groups is 1. The largest absolute Gasteiger partial charge is 0.216 e. The quantitative estimate of drug-likeness (QED) is 0.803. The van der Waals surface area contributed by atoms with Crippen LogP contribution in [0.4, 0.5) is 0 Å². The van der Waals surface area contributed by atoms with E-state index >= 15 is 0 Å². The SMILES string of the molecule is CSc1cccc(-n2nnc(C#N)c2CC(C)C)c1. The van der Waals surface area contributed by atoms with Gasteiger partial charge in [0.15, 0.2) is 5.69 Å². The molecule has 2 rings (SSSR count). The summed E-state index contributed by atoms with van der Waals surface area (Å²) in [5, 5.41) is 17.2. The summed E-state index contributed by atoms with van der Waals surface area (Å²) in [5.41, 5.74) is 2.26. The average molecular weight is 272 g/mol. The molecule has 1 heterocycles. The highest BCUT2D eigenvalue weighted by Gasteiger charge is 2.15. The lowest BCUT2D eigenvalue weighted by Crippen LogP contribution is -2.06. The molecule has 0 aliphatic rings. The van der Waals surface area contributed by atoms with Crippen molar-refractivity contribution in [2.24, 2.45) is 5.92 Å². The summed E-state index contributed by atoms with van der Waals surface area (Å²) in [6, 6.07) is 10.2. The number of nitriles is 1. The minimum Gasteiger partial charge on any atom is -0.216 e. The second kappa shape index (κ2) is 5.89. The van der Waals surface area contributed by atoms with Gasteiger partial charge in [0.05, 0.1) is 11.4 Å². The van der Waals surface area contributed by atoms with Crippen LogP contribution in [-0.2, 0) is 6.42 Å². The Morgan fingerprint density at radius 3 is 2.84 bits per heavy atom. The zero-order valence-corrected chi connectivity index (χ0v) is 12.1. The van der Waals surface area contributed by atoms with Crippen LogP contribution in [-0.4, -0.2) is 21.2 Å². The Bertz CT molecular complexity index is 610. The van der Waals surface area contributed by atoms with Gasteiger partial charge in [0.2, 0.25) is 0 Å². The van der Waals surface area contributed by atoms with Gasteiger partial charge in [-0.3, -0.25) is 0 Å². The Morgan fingerprint density at radius 1 is 1.42 bits per heavy atom. The van der Waals surface area contributed by atoms with E-state index in [9.17, 15) is 0 Å². The van der Waals surface area contributed by atoms with Crippen LogP contribution < -0.4 is 0 Å². The molecule has 0 saturated heterocycles. The Kier molecular flexibility index (Phi) is 4.23. The van der Waals surface area contributed by atoms with Crippen molar-refractivity contribution in [1.82, 2.24) is 15.0 Å². The van der Waals surface area contributed by atoms with E-state index in [0.717, 1.165) is 17.8 Å². The van der Waals surface area contributed by atoms with Crippen molar-refractivity contribution in [3.8, 4) is 11.8 Å². The molecule has 2 aromatic rings. The lowest BCUT2D eigenvalue weighted by atomic mass is 10.1. The van der Waals surface area contributed by atoms with Crippen LogP contribution >= 0.6 is 11.8 Å². The van der Waals surface area contributed by atoms with Crippen molar-refractivity contribution in [2.75, 3.05) is 6.26 Å². The van der Waals surface area contributed by atoms with Crippen molar-refractivity contribution in [1.29, 1.82) is 5.26 Å². The van der Waals surface area contributed by atoms with E-state index in [1.807, 2.05) is 18.4 Å². The van der Waals surface area contributed by atoms with Crippen LogP contribution in [0.15, 0.2) is 29.2 Å². The van der Waals surface area contributed by atoms with E-state index in [4.69, 9.17) is 5.26 Å². The average Bonchev–Trinajstić information content (AvgIpc) is 2.81. The van der Waals surface area contributed by atoms with Gasteiger partial charge in [-0.25, -0.2) is 4.68 Å². The van der Waals surface area contributed by atoms with Crippen molar-refractivity contribution in [2.45, 2.75) is 25.2 Å². The van der Waals surface area contributed by atoms with Gasteiger partial charge in [0.1, 0.15) is 6.07 Å². The van der Waals surface area contributed by atoms with Gasteiger partial charge in [-0.15, -0.1) is 16.9 Å². The maximum atomic E-state index is 9.12. The molecular weight excluding hydrogens is 256 g/mol. The molecule has 0 saturated carbocycles. The summed E-state index contributed by atoms with van der Waals surface area (Å²) in [5.74, 6) is 0.452. The molecule has 1 aromatic carbocycles. The van der Waals surface area contributed by atoms with Crippen LogP contribution in [0.3, 0.4) is 0 Å². The predicted molar refractivity (Wildman–Crippen MR) is 76.4 cm³/mol. The predicted octanol–water partition coefficient (Wildman–Crippen LogP) is 3.06. The molecule has 0 unspecified atom stereocenters. The Labute approximate surface area is 117 Å². The maximum absolute atomic E-state index is 9.12. The van der Waals surface area contributed by atoms with E-state index < -0.39 is 0 Å². The van der Waals surface area contributed by atoms with Crippen LogP contribution in [0.1, 0.15) is 25.2 Å². The molecule has 0 N–H and O–H groups in total. The monoisotopic (exact) mass is 272 g/mol. The van der Waals surface area contributed by atoms with Gasteiger partial charge in [-0.2, -0.15) is 5.26 Å². The maximum Gasteiger partial charge on any atom is 0.186 e. The summed E-state index contributed by atoms with van der Waals surface area (Å²) in [6.45, 7) is 4.24. The molecule has 0 spiro atoms. The Balaban J connectivity index is 2.49. The number of benzene rings is 1. The van der Waals surface area contributed by atoms with E-state index in [0.29, 0.717) is 11.6 Å². The van der Waals surface area contributed by atoms with Crippen LogP contribution in [0.2, 0.25) is 0 Å². The van der Waals surface area contributed by atoms with E-state index in [2.05, 4.69) is 42.4 Å². The highest BCUT2D eigenvalue weighted by molar-refractivity contribution is 7.98. The highest BCUT2D eigenvalue weighted by atomic mass is 32.2. The zero-order valence-electron chi connectivity index (χ0n) is 11.3. The molecule has 0 aliphatic heterocycles. The van der Waals surface area contributed by atoms with E-state index in [1.54, 1.807) is 16.4 Å². The summed E-state index contributed by atoms with van der Waals surface area (Å²) in [4.78, 5) is 1.17. The minimum atomic E-state index is 0.420. The number of hydrogen-bond acceptors (Lipinski definition) is 4. The fourth-order valence-corrected chi connectivity index (χ4v) is 2.36. The van der Waals surface area contributed by atoms with Crippen molar-refractivity contribution in [3.63, 3.8) is 0 Å². The molecule has 0 radical (unpaired) electrons. The summed E-state index contributed by atoms with van der Waals surface area (Å²) in [7, 11) is 0. The van der Waals surface area contributed by atoms with Crippen molar-refractivity contribution in [3.05, 3.63) is 35.7 Å². The van der Waals surface area contributed by atoms with Gasteiger partial charge >= 0.3 is 0 Å². The summed E-state index contributed by atoms with van der Waals surface area (Å²) < 4.78 is 1.78. The third kappa shape index (κ3) is 2.96. The molecule has 0 aliphatic carbocycles. The Hall–Kier alpha value is -1.80.